The summed E-state index contributed by atoms with van der Waals surface area (Å²) in [5.41, 5.74) is 0. The minimum Gasteiger partial charge on any atom is -0.343 e. The van der Waals surface area contributed by atoms with Gasteiger partial charge < -0.3 is 5.32 Å². The highest BCUT2D eigenvalue weighted by Gasteiger charge is 2.27. The number of carbonyl (C=O) groups is 2. The van der Waals surface area contributed by atoms with Crippen LogP contribution in [0.3, 0.4) is 0 Å². The van der Waals surface area contributed by atoms with Crippen molar-refractivity contribution in [2.24, 2.45) is 0 Å². The van der Waals surface area contributed by atoms with Gasteiger partial charge in [-0.05, 0) is 0 Å². The Bertz CT molecular complexity index is 195. The first kappa shape index (κ1) is 8.33. The molecule has 1 aliphatic heterocycles. The van der Waals surface area contributed by atoms with Gasteiger partial charge in [0.2, 0.25) is 5.91 Å². The van der Waals surface area contributed by atoms with Crippen LogP contribution in [0.2, 0.25) is 0 Å². The number of β-lactam (4-membered cyclic amide) rings is 1. The Labute approximate surface area is 69.2 Å². The Balaban J connectivity index is 2.16. The van der Waals surface area contributed by atoms with Crippen LogP contribution in [0.1, 0.15) is 12.8 Å². The van der Waals surface area contributed by atoms with Gasteiger partial charge in [-0.15, -0.1) is 6.58 Å². The van der Waals surface area contributed by atoms with Crippen LogP contribution in [-0.4, -0.2) is 16.4 Å². The number of hydrogen-bond acceptors (Lipinski definition) is 3. The maximum atomic E-state index is 10.9. The lowest BCUT2D eigenvalue weighted by Gasteiger charge is -2.24. The Morgan fingerprint density at radius 1 is 1.91 bits per heavy atom. The van der Waals surface area contributed by atoms with E-state index in [-0.39, 0.29) is 16.4 Å². The number of allylic oxidation sites excluding steroid dienone is 1. The lowest BCUT2D eigenvalue weighted by molar-refractivity contribution is -0.126. The molecule has 1 unspecified atom stereocenters. The number of amides is 1. The average Bonchev–Trinajstić information content (AvgIpc) is 1.85. The van der Waals surface area contributed by atoms with Crippen molar-refractivity contribution in [3.63, 3.8) is 0 Å². The molecule has 1 N–H and O–H groups in total. The van der Waals surface area contributed by atoms with Gasteiger partial charge in [0.15, 0.2) is 5.12 Å². The highest BCUT2D eigenvalue weighted by Crippen LogP contribution is 2.20. The third kappa shape index (κ3) is 2.38. The molecule has 1 fully saturated rings. The Morgan fingerprint density at radius 3 is 3.00 bits per heavy atom. The lowest BCUT2D eigenvalue weighted by atomic mass is 10.3. The molecular weight excluding hydrogens is 162 g/mol. The summed E-state index contributed by atoms with van der Waals surface area (Å²) in [6, 6.07) is 0. The van der Waals surface area contributed by atoms with Crippen molar-refractivity contribution in [2.75, 3.05) is 0 Å². The topological polar surface area (TPSA) is 46.2 Å². The van der Waals surface area contributed by atoms with Gasteiger partial charge in [0.05, 0.1) is 11.8 Å². The van der Waals surface area contributed by atoms with E-state index in [1.807, 2.05) is 0 Å². The molecule has 0 aliphatic carbocycles. The van der Waals surface area contributed by atoms with Gasteiger partial charge in [0, 0.05) is 6.42 Å². The van der Waals surface area contributed by atoms with Gasteiger partial charge in [-0.25, -0.2) is 0 Å². The second-order valence-electron chi connectivity index (χ2n) is 2.24. The minimum atomic E-state index is 0.00921. The van der Waals surface area contributed by atoms with Crippen LogP contribution in [0.4, 0.5) is 0 Å². The van der Waals surface area contributed by atoms with Crippen LogP contribution in [0.15, 0.2) is 12.7 Å². The lowest BCUT2D eigenvalue weighted by Crippen LogP contribution is -2.46. The minimum absolute atomic E-state index is 0.00921. The van der Waals surface area contributed by atoms with E-state index in [2.05, 4.69) is 11.9 Å². The highest BCUT2D eigenvalue weighted by atomic mass is 32.2. The third-order valence-electron chi connectivity index (χ3n) is 1.28. The number of rotatable bonds is 3. The number of thioether (sulfide) groups is 1. The molecule has 1 saturated heterocycles. The van der Waals surface area contributed by atoms with Gasteiger partial charge >= 0.3 is 0 Å². The van der Waals surface area contributed by atoms with Crippen LogP contribution in [0.5, 0.6) is 0 Å². The van der Waals surface area contributed by atoms with Crippen LogP contribution in [-0.2, 0) is 9.59 Å². The van der Waals surface area contributed by atoms with Crippen molar-refractivity contribution in [3.8, 4) is 0 Å². The van der Waals surface area contributed by atoms with Crippen LogP contribution >= 0.6 is 11.8 Å². The molecule has 0 aromatic heterocycles. The molecule has 11 heavy (non-hydrogen) atoms. The van der Waals surface area contributed by atoms with Crippen LogP contribution in [0.25, 0.3) is 0 Å². The summed E-state index contributed by atoms with van der Waals surface area (Å²) in [5, 5.41) is 2.67. The molecule has 1 amide bonds. The molecule has 3 nitrogen and oxygen atoms in total. The molecule has 0 radical (unpaired) electrons. The smallest absolute Gasteiger partial charge is 0.223 e. The van der Waals surface area contributed by atoms with E-state index in [1.165, 1.54) is 11.8 Å². The van der Waals surface area contributed by atoms with Gasteiger partial charge in [-0.1, -0.05) is 17.8 Å². The molecule has 1 rings (SSSR count). The van der Waals surface area contributed by atoms with E-state index in [1.54, 1.807) is 6.08 Å². The van der Waals surface area contributed by atoms with Gasteiger partial charge in [0.1, 0.15) is 0 Å². The fourth-order valence-corrected chi connectivity index (χ4v) is 1.68. The Hall–Kier alpha value is -0.770. The molecule has 0 bridgehead atoms. The fourth-order valence-electron chi connectivity index (χ4n) is 0.723. The normalized spacial score (nSPS) is 21.8. The SMILES string of the molecule is C=CCC(=O)SC1CC(=O)N1. The summed E-state index contributed by atoms with van der Waals surface area (Å²) in [4.78, 5) is 21.3. The molecule has 60 valence electrons. The number of carbonyl (C=O) groups excluding carboxylic acids is 2. The predicted molar refractivity (Wildman–Crippen MR) is 44.0 cm³/mol. The zero-order valence-electron chi connectivity index (χ0n) is 6.00. The van der Waals surface area contributed by atoms with E-state index in [4.69, 9.17) is 0 Å². The molecular formula is C7H9NO2S. The van der Waals surface area contributed by atoms with E-state index >= 15 is 0 Å². The van der Waals surface area contributed by atoms with Crippen molar-refractivity contribution in [2.45, 2.75) is 18.2 Å². The van der Waals surface area contributed by atoms with E-state index in [0.717, 1.165) is 0 Å². The Kier molecular flexibility index (Phi) is 2.70. The first-order valence-electron chi connectivity index (χ1n) is 3.32. The van der Waals surface area contributed by atoms with E-state index in [9.17, 15) is 9.59 Å². The van der Waals surface area contributed by atoms with Crippen LogP contribution < -0.4 is 5.32 Å². The van der Waals surface area contributed by atoms with Gasteiger partial charge in [-0.3, -0.25) is 9.59 Å². The molecule has 1 atom stereocenters. The third-order valence-corrected chi connectivity index (χ3v) is 2.28. The number of hydrogen-bond donors (Lipinski definition) is 1. The van der Waals surface area contributed by atoms with Crippen molar-refractivity contribution in [1.82, 2.24) is 5.32 Å². The summed E-state index contributed by atoms with van der Waals surface area (Å²) >= 11 is 1.17. The van der Waals surface area contributed by atoms with Crippen molar-refractivity contribution in [1.29, 1.82) is 0 Å². The largest absolute Gasteiger partial charge is 0.343 e. The highest BCUT2D eigenvalue weighted by molar-refractivity contribution is 8.14. The van der Waals surface area contributed by atoms with Gasteiger partial charge in [0.25, 0.3) is 0 Å². The summed E-state index contributed by atoms with van der Waals surface area (Å²) in [5.74, 6) is 0.0221. The molecule has 0 spiro atoms. The predicted octanol–water partition coefficient (Wildman–Crippen LogP) is 0.668. The zero-order valence-corrected chi connectivity index (χ0v) is 6.82. The molecule has 1 heterocycles. The summed E-state index contributed by atoms with van der Waals surface area (Å²) in [7, 11) is 0. The fraction of sp³-hybridized carbons (Fsp3) is 0.429. The maximum absolute atomic E-state index is 10.9. The first-order valence-corrected chi connectivity index (χ1v) is 4.20. The van der Waals surface area contributed by atoms with Gasteiger partial charge in [-0.2, -0.15) is 0 Å². The molecule has 0 saturated carbocycles. The average molecular weight is 171 g/mol. The van der Waals surface area contributed by atoms with E-state index < -0.39 is 0 Å². The summed E-state index contributed by atoms with van der Waals surface area (Å²) in [6.07, 6.45) is 2.40. The van der Waals surface area contributed by atoms with Crippen LogP contribution in [0, 0.1) is 0 Å². The van der Waals surface area contributed by atoms with E-state index in [0.29, 0.717) is 12.8 Å². The summed E-state index contributed by atoms with van der Waals surface area (Å²) < 4.78 is 0. The maximum Gasteiger partial charge on any atom is 0.223 e. The quantitative estimate of drug-likeness (QED) is 0.501. The number of nitrogens with one attached hydrogen (secondary N) is 1. The molecule has 4 heteroatoms. The first-order chi connectivity index (χ1) is 5.22. The summed E-state index contributed by atoms with van der Waals surface area (Å²) in [6.45, 7) is 3.45. The second-order valence-corrected chi connectivity index (χ2v) is 3.50. The van der Waals surface area contributed by atoms with Crippen molar-refractivity contribution in [3.05, 3.63) is 12.7 Å². The zero-order chi connectivity index (χ0) is 8.27. The standard InChI is InChI=1S/C7H9NO2S/c1-2-3-7(10)11-6-4-5(9)8-6/h2,6H,1,3-4H2,(H,8,9). The molecule has 0 aromatic rings. The monoisotopic (exact) mass is 171 g/mol. The van der Waals surface area contributed by atoms with Crippen molar-refractivity contribution < 1.29 is 9.59 Å². The second kappa shape index (κ2) is 3.57. The molecule has 1 aliphatic rings. The Morgan fingerprint density at radius 2 is 2.55 bits per heavy atom. The van der Waals surface area contributed by atoms with Crippen molar-refractivity contribution >= 4 is 22.8 Å². The molecule has 0 aromatic carbocycles.